The highest BCUT2D eigenvalue weighted by Crippen LogP contribution is 2.44. The van der Waals surface area contributed by atoms with E-state index in [0.717, 1.165) is 18.2 Å². The van der Waals surface area contributed by atoms with E-state index in [1.165, 1.54) is 6.07 Å². The summed E-state index contributed by atoms with van der Waals surface area (Å²) in [4.78, 5) is 12.7. The molecular formula is C21H20O13. The minimum Gasteiger partial charge on any atom is -0.507 e. The van der Waals surface area contributed by atoms with Crippen LogP contribution in [0.2, 0.25) is 0 Å². The Balaban J connectivity index is 1.83. The van der Waals surface area contributed by atoms with Crippen molar-refractivity contribution in [1.29, 1.82) is 0 Å². The standard InChI is InChI=1S/C21H20O13/c22-5-11-13(26)16(29)18(31)21(33-11)32-10-4-9(25)12-15(28)17(30)19(34-20(12)14(10)27)6-1-2-7(23)8(24)3-6/h1-4,11,13,16,18,21-27,29-31H,5H2/t11-,13+,16+,18-,21+/m1/s1. The first kappa shape index (κ1) is 23.4. The molecule has 1 aromatic heterocycles. The molecule has 0 radical (unpaired) electrons. The molecular weight excluding hydrogens is 460 g/mol. The third-order valence-corrected chi connectivity index (χ3v) is 5.39. The monoisotopic (exact) mass is 480 g/mol. The van der Waals surface area contributed by atoms with E-state index in [4.69, 9.17) is 13.9 Å². The van der Waals surface area contributed by atoms with Crippen molar-refractivity contribution in [1.82, 2.24) is 0 Å². The van der Waals surface area contributed by atoms with Crippen LogP contribution in [0.1, 0.15) is 0 Å². The molecule has 5 atom stereocenters. The first-order valence-electron chi connectivity index (χ1n) is 9.79. The van der Waals surface area contributed by atoms with E-state index in [9.17, 15) is 50.8 Å². The minimum absolute atomic E-state index is 0.0639. The third kappa shape index (κ3) is 3.70. The van der Waals surface area contributed by atoms with Gasteiger partial charge in [0.15, 0.2) is 28.6 Å². The van der Waals surface area contributed by atoms with Crippen molar-refractivity contribution in [2.24, 2.45) is 0 Å². The number of aromatic hydroxyl groups is 5. The third-order valence-electron chi connectivity index (χ3n) is 5.39. The number of ether oxygens (including phenoxy) is 2. The molecule has 182 valence electrons. The summed E-state index contributed by atoms with van der Waals surface area (Å²) in [7, 11) is 0. The Morgan fingerprint density at radius 2 is 1.56 bits per heavy atom. The lowest BCUT2D eigenvalue weighted by molar-refractivity contribution is -0.277. The lowest BCUT2D eigenvalue weighted by atomic mass is 9.99. The zero-order chi connectivity index (χ0) is 24.9. The Kier molecular flexibility index (Phi) is 5.89. The summed E-state index contributed by atoms with van der Waals surface area (Å²) in [5.74, 6) is -4.80. The zero-order valence-corrected chi connectivity index (χ0v) is 17.1. The van der Waals surface area contributed by atoms with Crippen LogP contribution in [0.5, 0.6) is 34.5 Å². The van der Waals surface area contributed by atoms with Gasteiger partial charge in [0.2, 0.25) is 23.2 Å². The maximum atomic E-state index is 12.7. The van der Waals surface area contributed by atoms with E-state index in [0.29, 0.717) is 0 Å². The summed E-state index contributed by atoms with van der Waals surface area (Å²) in [5.41, 5.74) is -1.85. The lowest BCUT2D eigenvalue weighted by Gasteiger charge is -2.39. The largest absolute Gasteiger partial charge is 0.507 e. The van der Waals surface area contributed by atoms with Gasteiger partial charge in [0, 0.05) is 11.6 Å². The molecule has 13 nitrogen and oxygen atoms in total. The maximum Gasteiger partial charge on any atom is 0.238 e. The molecule has 9 N–H and O–H groups in total. The van der Waals surface area contributed by atoms with E-state index in [-0.39, 0.29) is 5.56 Å². The fourth-order valence-corrected chi connectivity index (χ4v) is 3.54. The quantitative estimate of drug-likeness (QED) is 0.164. The first-order valence-corrected chi connectivity index (χ1v) is 9.79. The van der Waals surface area contributed by atoms with Crippen molar-refractivity contribution < 1.29 is 59.8 Å². The summed E-state index contributed by atoms with van der Waals surface area (Å²) >= 11 is 0. The Bertz CT molecular complexity index is 1300. The molecule has 1 aliphatic heterocycles. The smallest absolute Gasteiger partial charge is 0.238 e. The summed E-state index contributed by atoms with van der Waals surface area (Å²) in [6.07, 6.45) is -8.32. The number of benzene rings is 2. The molecule has 1 aliphatic rings. The highest BCUT2D eigenvalue weighted by Gasteiger charge is 2.45. The number of hydrogen-bond donors (Lipinski definition) is 9. The van der Waals surface area contributed by atoms with E-state index in [1.807, 2.05) is 0 Å². The van der Waals surface area contributed by atoms with Crippen molar-refractivity contribution in [3.8, 4) is 45.8 Å². The van der Waals surface area contributed by atoms with Crippen molar-refractivity contribution in [2.75, 3.05) is 6.61 Å². The number of phenols is 4. The second kappa shape index (κ2) is 8.55. The summed E-state index contributed by atoms with van der Waals surface area (Å²) in [6, 6.07) is 4.00. The minimum atomic E-state index is -1.84. The Morgan fingerprint density at radius 3 is 2.21 bits per heavy atom. The van der Waals surface area contributed by atoms with Crippen molar-refractivity contribution >= 4 is 11.0 Å². The molecule has 0 bridgehead atoms. The molecule has 4 rings (SSSR count). The molecule has 0 spiro atoms. The Morgan fingerprint density at radius 1 is 0.853 bits per heavy atom. The van der Waals surface area contributed by atoms with Gasteiger partial charge in [0.05, 0.1) is 6.61 Å². The van der Waals surface area contributed by atoms with Gasteiger partial charge in [0.25, 0.3) is 0 Å². The van der Waals surface area contributed by atoms with Crippen molar-refractivity contribution in [3.63, 3.8) is 0 Å². The van der Waals surface area contributed by atoms with E-state index < -0.39 is 94.0 Å². The van der Waals surface area contributed by atoms with Crippen LogP contribution >= 0.6 is 0 Å². The molecule has 2 aromatic carbocycles. The van der Waals surface area contributed by atoms with Crippen LogP contribution in [0.25, 0.3) is 22.3 Å². The maximum absolute atomic E-state index is 12.7. The molecule has 3 aromatic rings. The van der Waals surface area contributed by atoms with Gasteiger partial charge in [-0.1, -0.05) is 0 Å². The van der Waals surface area contributed by atoms with Gasteiger partial charge >= 0.3 is 0 Å². The lowest BCUT2D eigenvalue weighted by Crippen LogP contribution is -2.60. The van der Waals surface area contributed by atoms with E-state index in [2.05, 4.69) is 0 Å². The summed E-state index contributed by atoms with van der Waals surface area (Å²) in [6.45, 7) is -0.739. The second-order valence-corrected chi connectivity index (χ2v) is 7.57. The highest BCUT2D eigenvalue weighted by molar-refractivity contribution is 5.93. The highest BCUT2D eigenvalue weighted by atomic mass is 16.7. The number of aliphatic hydroxyl groups is 4. The van der Waals surface area contributed by atoms with Crippen LogP contribution in [0, 0.1) is 0 Å². The van der Waals surface area contributed by atoms with Crippen molar-refractivity contribution in [3.05, 3.63) is 34.5 Å². The normalized spacial score (nSPS) is 24.9. The van der Waals surface area contributed by atoms with E-state index >= 15 is 0 Å². The van der Waals surface area contributed by atoms with Gasteiger partial charge in [0.1, 0.15) is 35.6 Å². The molecule has 0 saturated carbocycles. The van der Waals surface area contributed by atoms with Crippen LogP contribution in [0.3, 0.4) is 0 Å². The van der Waals surface area contributed by atoms with Gasteiger partial charge < -0.3 is 59.8 Å². The predicted molar refractivity (Wildman–Crippen MR) is 111 cm³/mol. The average Bonchev–Trinajstić information content (AvgIpc) is 2.81. The van der Waals surface area contributed by atoms with Crippen LogP contribution in [-0.4, -0.2) is 83.3 Å². The van der Waals surface area contributed by atoms with Gasteiger partial charge in [-0.2, -0.15) is 0 Å². The topological polar surface area (TPSA) is 231 Å². The number of fused-ring (bicyclic) bond motifs is 1. The molecule has 0 amide bonds. The zero-order valence-electron chi connectivity index (χ0n) is 17.1. The van der Waals surface area contributed by atoms with Crippen LogP contribution in [-0.2, 0) is 4.74 Å². The summed E-state index contributed by atoms with van der Waals surface area (Å²) < 4.78 is 16.0. The first-order chi connectivity index (χ1) is 16.0. The fraction of sp³-hybridized carbons (Fsp3) is 0.286. The molecule has 2 heterocycles. The van der Waals surface area contributed by atoms with Gasteiger partial charge in [-0.05, 0) is 18.2 Å². The molecule has 13 heteroatoms. The van der Waals surface area contributed by atoms with Crippen LogP contribution < -0.4 is 10.2 Å². The van der Waals surface area contributed by atoms with Crippen LogP contribution in [0.15, 0.2) is 33.5 Å². The molecule has 1 fully saturated rings. The number of phenolic OH excluding ortho intramolecular Hbond substituents is 4. The fourth-order valence-electron chi connectivity index (χ4n) is 3.54. The summed E-state index contributed by atoms with van der Waals surface area (Å²) in [5, 5.41) is 89.1. The average molecular weight is 480 g/mol. The van der Waals surface area contributed by atoms with Gasteiger partial charge in [-0.25, -0.2) is 0 Å². The SMILES string of the molecule is O=c1c(O)c(-c2ccc(O)c(O)c2)oc2c(O)c(O[C@H]3O[C@H](CO)[C@H](O)[C@H](O)[C@H]3O)cc(O)c12. The van der Waals surface area contributed by atoms with Gasteiger partial charge in [-0.15, -0.1) is 0 Å². The Labute approximate surface area is 189 Å². The predicted octanol–water partition coefficient (Wildman–Crippen LogP) is -0.833. The van der Waals surface area contributed by atoms with Crippen molar-refractivity contribution in [2.45, 2.75) is 30.7 Å². The van der Waals surface area contributed by atoms with Crippen LogP contribution in [0.4, 0.5) is 0 Å². The number of rotatable bonds is 4. The second-order valence-electron chi connectivity index (χ2n) is 7.57. The molecule has 34 heavy (non-hydrogen) atoms. The Hall–Kier alpha value is -3.75. The van der Waals surface area contributed by atoms with Gasteiger partial charge in [-0.3, -0.25) is 4.79 Å². The molecule has 0 aliphatic carbocycles. The number of aliphatic hydroxyl groups excluding tert-OH is 4. The molecule has 0 unspecified atom stereocenters. The molecule has 1 saturated heterocycles. The number of hydrogen-bond acceptors (Lipinski definition) is 13. The van der Waals surface area contributed by atoms with E-state index in [1.54, 1.807) is 0 Å².